The maximum atomic E-state index is 11.7. The van der Waals surface area contributed by atoms with Gasteiger partial charge in [-0.15, -0.1) is 0 Å². The number of alkyl carbamates (subject to hydrolysis) is 1. The van der Waals surface area contributed by atoms with Crippen LogP contribution in [0.1, 0.15) is 32.4 Å². The number of hydrogen-bond acceptors (Lipinski definition) is 4. The zero-order chi connectivity index (χ0) is 14.5. The van der Waals surface area contributed by atoms with Gasteiger partial charge in [-0.2, -0.15) is 0 Å². The molecule has 0 aliphatic rings. The van der Waals surface area contributed by atoms with Gasteiger partial charge in [0.1, 0.15) is 11.4 Å². The molecule has 3 N–H and O–H groups in total. The monoisotopic (exact) mass is 266 g/mol. The van der Waals surface area contributed by atoms with E-state index in [2.05, 4.69) is 5.32 Å². The van der Waals surface area contributed by atoms with Crippen LogP contribution < -0.4 is 15.8 Å². The molecule has 0 aliphatic carbocycles. The first kappa shape index (κ1) is 15.3. The predicted octanol–water partition coefficient (Wildman–Crippen LogP) is 2.22. The molecule has 5 nitrogen and oxygen atoms in total. The van der Waals surface area contributed by atoms with Crippen molar-refractivity contribution in [2.75, 3.05) is 13.7 Å². The summed E-state index contributed by atoms with van der Waals surface area (Å²) in [7, 11) is 1.61. The van der Waals surface area contributed by atoms with E-state index in [1.807, 2.05) is 45.0 Å². The van der Waals surface area contributed by atoms with Crippen molar-refractivity contribution >= 4 is 6.09 Å². The van der Waals surface area contributed by atoms with E-state index in [0.29, 0.717) is 6.54 Å². The van der Waals surface area contributed by atoms with Gasteiger partial charge in [-0.25, -0.2) is 4.79 Å². The zero-order valence-electron chi connectivity index (χ0n) is 11.9. The van der Waals surface area contributed by atoms with Crippen LogP contribution >= 0.6 is 0 Å². The molecule has 0 saturated carbocycles. The quantitative estimate of drug-likeness (QED) is 0.876. The van der Waals surface area contributed by atoms with Crippen molar-refractivity contribution < 1.29 is 14.3 Å². The van der Waals surface area contributed by atoms with Gasteiger partial charge in [-0.05, 0) is 38.5 Å². The zero-order valence-corrected chi connectivity index (χ0v) is 11.9. The molecule has 0 unspecified atom stereocenters. The molecule has 0 radical (unpaired) electrons. The third-order valence-electron chi connectivity index (χ3n) is 2.44. The van der Waals surface area contributed by atoms with E-state index >= 15 is 0 Å². The molecule has 106 valence electrons. The Labute approximate surface area is 114 Å². The van der Waals surface area contributed by atoms with Crippen molar-refractivity contribution in [3.8, 4) is 5.75 Å². The second-order valence-electron chi connectivity index (χ2n) is 5.21. The highest BCUT2D eigenvalue weighted by Crippen LogP contribution is 2.17. The topological polar surface area (TPSA) is 73.6 Å². The fourth-order valence-corrected chi connectivity index (χ4v) is 1.56. The largest absolute Gasteiger partial charge is 0.497 e. The fraction of sp³-hybridized carbons (Fsp3) is 0.500. The highest BCUT2D eigenvalue weighted by Gasteiger charge is 2.19. The number of benzene rings is 1. The number of hydrogen-bond donors (Lipinski definition) is 2. The van der Waals surface area contributed by atoms with Crippen molar-refractivity contribution in [1.82, 2.24) is 5.32 Å². The number of nitrogens with one attached hydrogen (secondary N) is 1. The molecule has 1 aromatic rings. The minimum Gasteiger partial charge on any atom is -0.497 e. The lowest BCUT2D eigenvalue weighted by molar-refractivity contribution is 0.0505. The Morgan fingerprint density at radius 1 is 1.32 bits per heavy atom. The van der Waals surface area contributed by atoms with Crippen LogP contribution in [-0.4, -0.2) is 25.3 Å². The molecule has 19 heavy (non-hydrogen) atoms. The van der Waals surface area contributed by atoms with Gasteiger partial charge in [-0.3, -0.25) is 0 Å². The van der Waals surface area contributed by atoms with Crippen molar-refractivity contribution in [1.29, 1.82) is 0 Å². The van der Waals surface area contributed by atoms with Gasteiger partial charge >= 0.3 is 6.09 Å². The van der Waals surface area contributed by atoms with Gasteiger partial charge in [0.2, 0.25) is 0 Å². The molecule has 0 aromatic heterocycles. The van der Waals surface area contributed by atoms with Crippen LogP contribution in [0.3, 0.4) is 0 Å². The summed E-state index contributed by atoms with van der Waals surface area (Å²) < 4.78 is 10.3. The van der Waals surface area contributed by atoms with Crippen LogP contribution in [0.4, 0.5) is 4.79 Å². The van der Waals surface area contributed by atoms with E-state index in [-0.39, 0.29) is 6.04 Å². The first-order chi connectivity index (χ1) is 8.85. The minimum atomic E-state index is -0.525. The summed E-state index contributed by atoms with van der Waals surface area (Å²) in [6.07, 6.45) is -0.473. The normalized spacial score (nSPS) is 12.7. The molecule has 1 aromatic carbocycles. The SMILES string of the molecule is COc1ccc([C@H](CN)NC(=O)OC(C)(C)C)cc1. The Balaban J connectivity index is 2.69. The Morgan fingerprint density at radius 2 is 1.89 bits per heavy atom. The highest BCUT2D eigenvalue weighted by atomic mass is 16.6. The van der Waals surface area contributed by atoms with Crippen LogP contribution in [-0.2, 0) is 4.74 Å². The second-order valence-corrected chi connectivity index (χ2v) is 5.21. The number of nitrogens with two attached hydrogens (primary N) is 1. The minimum absolute atomic E-state index is 0.277. The van der Waals surface area contributed by atoms with Gasteiger partial charge in [-0.1, -0.05) is 12.1 Å². The number of rotatable bonds is 4. The molecule has 5 heteroatoms. The maximum absolute atomic E-state index is 11.7. The van der Waals surface area contributed by atoms with Gasteiger partial charge in [0.15, 0.2) is 0 Å². The predicted molar refractivity (Wildman–Crippen MR) is 74.2 cm³/mol. The van der Waals surface area contributed by atoms with E-state index in [0.717, 1.165) is 11.3 Å². The second kappa shape index (κ2) is 6.43. The molecule has 1 amide bonds. The molecule has 0 saturated heterocycles. The van der Waals surface area contributed by atoms with E-state index in [9.17, 15) is 4.79 Å². The van der Waals surface area contributed by atoms with Gasteiger partial charge in [0.25, 0.3) is 0 Å². The maximum Gasteiger partial charge on any atom is 0.408 e. The Morgan fingerprint density at radius 3 is 2.32 bits per heavy atom. The van der Waals surface area contributed by atoms with Crippen molar-refractivity contribution in [3.05, 3.63) is 29.8 Å². The van der Waals surface area contributed by atoms with Crippen molar-refractivity contribution in [3.63, 3.8) is 0 Å². The average Bonchev–Trinajstić information content (AvgIpc) is 2.34. The number of ether oxygens (including phenoxy) is 2. The lowest BCUT2D eigenvalue weighted by Crippen LogP contribution is -2.37. The van der Waals surface area contributed by atoms with Crippen LogP contribution in [0, 0.1) is 0 Å². The van der Waals surface area contributed by atoms with Gasteiger partial charge < -0.3 is 20.5 Å². The molecule has 0 heterocycles. The summed E-state index contributed by atoms with van der Waals surface area (Å²) in [5.41, 5.74) is 6.07. The first-order valence-electron chi connectivity index (χ1n) is 6.19. The van der Waals surface area contributed by atoms with Crippen molar-refractivity contribution in [2.24, 2.45) is 5.73 Å². The van der Waals surface area contributed by atoms with E-state index in [4.69, 9.17) is 15.2 Å². The first-order valence-corrected chi connectivity index (χ1v) is 6.19. The summed E-state index contributed by atoms with van der Waals surface area (Å²) in [4.78, 5) is 11.7. The standard InChI is InChI=1S/C14H22N2O3/c1-14(2,3)19-13(17)16-12(9-15)10-5-7-11(18-4)8-6-10/h5-8,12H,9,15H2,1-4H3,(H,16,17)/t12-/m0/s1. The molecule has 0 spiro atoms. The number of methoxy groups -OCH3 is 1. The third-order valence-corrected chi connectivity index (χ3v) is 2.44. The number of carbonyl (C=O) groups excluding carboxylic acids is 1. The Bertz CT molecular complexity index is 410. The molecule has 0 aliphatic heterocycles. The lowest BCUT2D eigenvalue weighted by Gasteiger charge is -2.23. The molecule has 1 atom stereocenters. The summed E-state index contributed by atoms with van der Waals surface area (Å²) in [5, 5.41) is 2.75. The third kappa shape index (κ3) is 5.18. The van der Waals surface area contributed by atoms with Crippen molar-refractivity contribution in [2.45, 2.75) is 32.4 Å². The average molecular weight is 266 g/mol. The molecular weight excluding hydrogens is 244 g/mol. The summed E-state index contributed by atoms with van der Waals surface area (Å²) in [5.74, 6) is 0.761. The van der Waals surface area contributed by atoms with Crippen LogP contribution in [0.15, 0.2) is 24.3 Å². The van der Waals surface area contributed by atoms with Crippen LogP contribution in [0.5, 0.6) is 5.75 Å². The lowest BCUT2D eigenvalue weighted by atomic mass is 10.1. The highest BCUT2D eigenvalue weighted by molar-refractivity contribution is 5.68. The molecular formula is C14H22N2O3. The Hall–Kier alpha value is -1.75. The fourth-order valence-electron chi connectivity index (χ4n) is 1.56. The summed E-state index contributed by atoms with van der Waals surface area (Å²) in [6.45, 7) is 5.75. The van der Waals surface area contributed by atoms with Gasteiger partial charge in [0.05, 0.1) is 13.2 Å². The van der Waals surface area contributed by atoms with E-state index in [1.54, 1.807) is 7.11 Å². The molecule has 0 bridgehead atoms. The summed E-state index contributed by atoms with van der Waals surface area (Å²) >= 11 is 0. The molecule has 1 rings (SSSR count). The summed E-state index contributed by atoms with van der Waals surface area (Å²) in [6, 6.07) is 7.12. The Kier molecular flexibility index (Phi) is 5.18. The van der Waals surface area contributed by atoms with E-state index in [1.165, 1.54) is 0 Å². The number of carbonyl (C=O) groups is 1. The van der Waals surface area contributed by atoms with Crippen LogP contribution in [0.2, 0.25) is 0 Å². The number of amides is 1. The van der Waals surface area contributed by atoms with E-state index < -0.39 is 11.7 Å². The van der Waals surface area contributed by atoms with Crippen LogP contribution in [0.25, 0.3) is 0 Å². The smallest absolute Gasteiger partial charge is 0.408 e. The van der Waals surface area contributed by atoms with Gasteiger partial charge in [0, 0.05) is 6.54 Å². The molecule has 0 fully saturated rings.